The normalized spacial score (nSPS) is 16.1. The number of nitrogens with zero attached hydrogens (tertiary/aromatic N) is 1. The monoisotopic (exact) mass is 205 g/mol. The molecule has 0 aliphatic carbocycles. The van der Waals surface area contributed by atoms with E-state index in [1.165, 1.54) is 0 Å². The number of carbonyl (C=O) groups excluding carboxylic acids is 1. The van der Waals surface area contributed by atoms with Gasteiger partial charge < -0.3 is 10.6 Å². The lowest BCUT2D eigenvalue weighted by atomic mass is 10.2. The molecule has 1 aliphatic heterocycles. The largest absolute Gasteiger partial charge is 0.388 e. The first kappa shape index (κ1) is 9.83. The van der Waals surface area contributed by atoms with E-state index >= 15 is 0 Å². The van der Waals surface area contributed by atoms with Crippen molar-refractivity contribution in [1.29, 1.82) is 0 Å². The van der Waals surface area contributed by atoms with E-state index in [1.807, 2.05) is 31.3 Å². The maximum Gasteiger partial charge on any atom is 0.321 e. The van der Waals surface area contributed by atoms with Crippen LogP contribution in [-0.2, 0) is 0 Å². The molecule has 1 heterocycles. The van der Waals surface area contributed by atoms with Gasteiger partial charge in [-0.05, 0) is 30.7 Å². The number of rotatable bonds is 2. The van der Waals surface area contributed by atoms with Crippen LogP contribution in [0.25, 0.3) is 0 Å². The minimum Gasteiger partial charge on any atom is -0.388 e. The zero-order valence-corrected chi connectivity index (χ0v) is 8.79. The molecule has 0 unspecified atom stereocenters. The Kier molecular flexibility index (Phi) is 2.76. The summed E-state index contributed by atoms with van der Waals surface area (Å²) in [6, 6.07) is 7.85. The van der Waals surface area contributed by atoms with Gasteiger partial charge in [0.2, 0.25) is 0 Å². The van der Waals surface area contributed by atoms with E-state index in [1.54, 1.807) is 4.90 Å². The minimum absolute atomic E-state index is 0.00143. The van der Waals surface area contributed by atoms with Gasteiger partial charge in [0.25, 0.3) is 0 Å². The summed E-state index contributed by atoms with van der Waals surface area (Å²) in [5, 5.41) is 5.88. The van der Waals surface area contributed by atoms with Crippen molar-refractivity contribution in [3.05, 3.63) is 24.3 Å². The lowest BCUT2D eigenvalue weighted by Crippen LogP contribution is -2.46. The Balaban J connectivity index is 2.17. The highest BCUT2D eigenvalue weighted by Gasteiger charge is 2.18. The molecule has 4 heteroatoms. The van der Waals surface area contributed by atoms with Crippen LogP contribution in [0.15, 0.2) is 24.3 Å². The molecular weight excluding hydrogens is 190 g/mol. The van der Waals surface area contributed by atoms with E-state index in [4.69, 9.17) is 0 Å². The molecule has 80 valence electrons. The van der Waals surface area contributed by atoms with Crippen LogP contribution in [0, 0.1) is 0 Å². The highest BCUT2D eigenvalue weighted by molar-refractivity contribution is 5.92. The molecule has 2 rings (SSSR count). The van der Waals surface area contributed by atoms with E-state index < -0.39 is 0 Å². The number of anilines is 2. The second kappa shape index (κ2) is 4.21. The van der Waals surface area contributed by atoms with Gasteiger partial charge in [-0.2, -0.15) is 0 Å². The van der Waals surface area contributed by atoms with E-state index in [2.05, 4.69) is 10.6 Å². The van der Waals surface area contributed by atoms with Crippen molar-refractivity contribution in [2.75, 3.05) is 30.4 Å². The predicted molar refractivity (Wildman–Crippen MR) is 61.4 cm³/mol. The first-order chi connectivity index (χ1) is 7.31. The van der Waals surface area contributed by atoms with E-state index in [9.17, 15) is 4.79 Å². The molecule has 0 aromatic heterocycles. The minimum atomic E-state index is -0.00143. The first-order valence-corrected chi connectivity index (χ1v) is 5.14. The second-order valence-corrected chi connectivity index (χ2v) is 3.53. The van der Waals surface area contributed by atoms with E-state index in [0.29, 0.717) is 0 Å². The van der Waals surface area contributed by atoms with Gasteiger partial charge >= 0.3 is 6.03 Å². The third-order valence-corrected chi connectivity index (χ3v) is 2.55. The van der Waals surface area contributed by atoms with Crippen molar-refractivity contribution in [3.63, 3.8) is 0 Å². The lowest BCUT2D eigenvalue weighted by molar-refractivity contribution is 0.243. The molecule has 1 fully saturated rings. The average Bonchev–Trinajstić information content (AvgIpc) is 2.30. The number of hydrogen-bond donors (Lipinski definition) is 2. The molecule has 4 nitrogen and oxygen atoms in total. The highest BCUT2D eigenvalue weighted by Crippen LogP contribution is 2.19. The summed E-state index contributed by atoms with van der Waals surface area (Å²) in [5.74, 6) is 0. The van der Waals surface area contributed by atoms with Gasteiger partial charge in [0.05, 0.1) is 0 Å². The van der Waals surface area contributed by atoms with Crippen molar-refractivity contribution in [2.45, 2.75) is 6.42 Å². The molecule has 0 atom stereocenters. The van der Waals surface area contributed by atoms with Crippen LogP contribution in [-0.4, -0.2) is 26.2 Å². The molecule has 2 amide bonds. The Morgan fingerprint density at radius 2 is 2.07 bits per heavy atom. The van der Waals surface area contributed by atoms with Crippen molar-refractivity contribution < 1.29 is 4.79 Å². The quantitative estimate of drug-likeness (QED) is 0.771. The number of carbonyl (C=O) groups is 1. The number of hydrogen-bond acceptors (Lipinski definition) is 2. The van der Waals surface area contributed by atoms with Gasteiger partial charge in [0.1, 0.15) is 0 Å². The molecule has 0 saturated carbocycles. The third kappa shape index (κ3) is 2.03. The third-order valence-electron chi connectivity index (χ3n) is 2.55. The van der Waals surface area contributed by atoms with Crippen LogP contribution in [0.2, 0.25) is 0 Å². The first-order valence-electron chi connectivity index (χ1n) is 5.14. The predicted octanol–water partition coefficient (Wildman–Crippen LogP) is 1.65. The molecular formula is C11H15N3O. The van der Waals surface area contributed by atoms with Gasteiger partial charge in [0, 0.05) is 31.5 Å². The average molecular weight is 205 g/mol. The lowest BCUT2D eigenvalue weighted by Gasteiger charge is -2.27. The number of urea groups is 1. The van der Waals surface area contributed by atoms with E-state index in [0.717, 1.165) is 30.9 Å². The molecule has 1 aromatic carbocycles. The Labute approximate surface area is 89.3 Å². The Hall–Kier alpha value is -1.71. The van der Waals surface area contributed by atoms with Gasteiger partial charge in [0.15, 0.2) is 0 Å². The van der Waals surface area contributed by atoms with Gasteiger partial charge in [-0.25, -0.2) is 4.79 Å². The van der Waals surface area contributed by atoms with Crippen molar-refractivity contribution in [3.8, 4) is 0 Å². The molecule has 1 aromatic rings. The van der Waals surface area contributed by atoms with Crippen LogP contribution >= 0.6 is 0 Å². The van der Waals surface area contributed by atoms with Crippen LogP contribution in [0.3, 0.4) is 0 Å². The topological polar surface area (TPSA) is 44.4 Å². The fourth-order valence-corrected chi connectivity index (χ4v) is 1.68. The number of nitrogens with one attached hydrogen (secondary N) is 2. The van der Waals surface area contributed by atoms with Crippen molar-refractivity contribution in [1.82, 2.24) is 5.32 Å². The molecule has 1 saturated heterocycles. The summed E-state index contributed by atoms with van der Waals surface area (Å²) in [6.45, 7) is 1.58. The molecule has 1 aliphatic rings. The second-order valence-electron chi connectivity index (χ2n) is 3.53. The number of benzene rings is 1. The van der Waals surface area contributed by atoms with Gasteiger partial charge in [-0.3, -0.25) is 4.90 Å². The zero-order valence-electron chi connectivity index (χ0n) is 8.79. The Bertz CT molecular complexity index is 347. The molecule has 0 bridgehead atoms. The summed E-state index contributed by atoms with van der Waals surface area (Å²) in [5.41, 5.74) is 2.00. The summed E-state index contributed by atoms with van der Waals surface area (Å²) >= 11 is 0. The standard InChI is InChI=1S/C11H15N3O/c1-12-9-3-5-10(6-4-9)14-8-2-7-13-11(14)15/h3-6,12H,2,7-8H2,1H3,(H,13,15). The maximum atomic E-state index is 11.5. The smallest absolute Gasteiger partial charge is 0.321 e. The fraction of sp³-hybridized carbons (Fsp3) is 0.364. The van der Waals surface area contributed by atoms with Gasteiger partial charge in [-0.1, -0.05) is 0 Å². The summed E-state index contributed by atoms with van der Waals surface area (Å²) in [4.78, 5) is 13.3. The zero-order chi connectivity index (χ0) is 10.7. The van der Waals surface area contributed by atoms with E-state index in [-0.39, 0.29) is 6.03 Å². The molecule has 2 N–H and O–H groups in total. The summed E-state index contributed by atoms with van der Waals surface area (Å²) in [7, 11) is 1.88. The molecule has 15 heavy (non-hydrogen) atoms. The Morgan fingerprint density at radius 3 is 2.67 bits per heavy atom. The van der Waals surface area contributed by atoms with Crippen LogP contribution in [0.5, 0.6) is 0 Å². The Morgan fingerprint density at radius 1 is 1.33 bits per heavy atom. The summed E-state index contributed by atoms with van der Waals surface area (Å²) < 4.78 is 0. The van der Waals surface area contributed by atoms with Crippen LogP contribution < -0.4 is 15.5 Å². The highest BCUT2D eigenvalue weighted by atomic mass is 16.2. The summed E-state index contributed by atoms with van der Waals surface area (Å²) in [6.07, 6.45) is 1.000. The fourth-order valence-electron chi connectivity index (χ4n) is 1.68. The SMILES string of the molecule is CNc1ccc(N2CCCNC2=O)cc1. The van der Waals surface area contributed by atoms with Gasteiger partial charge in [-0.15, -0.1) is 0 Å². The number of amides is 2. The molecule has 0 spiro atoms. The van der Waals surface area contributed by atoms with Crippen LogP contribution in [0.1, 0.15) is 6.42 Å². The van der Waals surface area contributed by atoms with Crippen LogP contribution in [0.4, 0.5) is 16.2 Å². The molecule has 0 radical (unpaired) electrons. The van der Waals surface area contributed by atoms with Crippen molar-refractivity contribution in [2.24, 2.45) is 0 Å². The van der Waals surface area contributed by atoms with Crippen molar-refractivity contribution >= 4 is 17.4 Å². The maximum absolute atomic E-state index is 11.5.